The van der Waals surface area contributed by atoms with Gasteiger partial charge in [-0.1, -0.05) is 24.3 Å². The minimum atomic E-state index is -0.792. The first-order valence-electron chi connectivity index (χ1n) is 12.9. The molecule has 4 aromatic rings. The topological polar surface area (TPSA) is 85.0 Å². The number of ether oxygens (including phenoxy) is 2. The molecule has 0 aliphatic carbocycles. The van der Waals surface area contributed by atoms with Crippen LogP contribution in [0.2, 0.25) is 0 Å². The number of aromatic nitrogens is 1. The fourth-order valence-corrected chi connectivity index (χ4v) is 4.95. The number of benzene rings is 3. The number of halogens is 1. The number of carboxylic acid groups (broad SMARTS) is 1. The molecule has 0 bridgehead atoms. The number of nitrogens with zero attached hydrogens (tertiary/aromatic N) is 2. The van der Waals surface area contributed by atoms with E-state index < -0.39 is 5.97 Å². The highest BCUT2D eigenvalue weighted by molar-refractivity contribution is 5.85. The summed E-state index contributed by atoms with van der Waals surface area (Å²) in [6.07, 6.45) is 2.05. The van der Waals surface area contributed by atoms with Crippen LogP contribution in [0.1, 0.15) is 34.6 Å². The summed E-state index contributed by atoms with van der Waals surface area (Å²) < 4.78 is 17.5. The van der Waals surface area contributed by atoms with Gasteiger partial charge in [0.2, 0.25) is 5.89 Å². The van der Waals surface area contributed by atoms with Gasteiger partial charge in [0, 0.05) is 42.7 Å². The zero-order valence-corrected chi connectivity index (χ0v) is 23.0. The van der Waals surface area contributed by atoms with E-state index in [4.69, 9.17) is 18.9 Å². The minimum absolute atomic E-state index is 0. The Balaban J connectivity index is 0.00000353. The lowest BCUT2D eigenvalue weighted by molar-refractivity contribution is -0.136. The third-order valence-corrected chi connectivity index (χ3v) is 7.02. The first-order valence-corrected chi connectivity index (χ1v) is 12.9. The standard InChI is InChI=1S/C31H32N2O5.ClH/c1-21-28(32-31(38-21)23-6-4-3-5-7-23)17-19-37-29-14-8-22(9-15-30(34)35)27-20-33(18-16-26(27)29)24-10-12-25(36-2)13-11-24;/h3-8,10-14H,9,15-20H2,1-2H3,(H,34,35);1H. The molecule has 1 N–H and O–H groups in total. The summed E-state index contributed by atoms with van der Waals surface area (Å²) in [5.74, 6) is 2.31. The fourth-order valence-electron chi connectivity index (χ4n) is 4.95. The Morgan fingerprint density at radius 3 is 2.51 bits per heavy atom. The molecule has 7 nitrogen and oxygen atoms in total. The molecule has 1 aliphatic heterocycles. The summed E-state index contributed by atoms with van der Waals surface area (Å²) >= 11 is 0. The molecule has 0 saturated carbocycles. The molecule has 0 radical (unpaired) electrons. The Bertz CT molecular complexity index is 1400. The number of anilines is 1. The zero-order valence-electron chi connectivity index (χ0n) is 22.2. The van der Waals surface area contributed by atoms with E-state index in [1.165, 1.54) is 5.56 Å². The number of oxazole rings is 1. The lowest BCUT2D eigenvalue weighted by atomic mass is 9.91. The van der Waals surface area contributed by atoms with Crippen molar-refractivity contribution in [2.24, 2.45) is 0 Å². The van der Waals surface area contributed by atoms with Crippen LogP contribution in [0.15, 0.2) is 71.1 Å². The van der Waals surface area contributed by atoms with E-state index in [0.29, 0.717) is 31.9 Å². The Morgan fingerprint density at radius 2 is 1.79 bits per heavy atom. The molecular formula is C31H33ClN2O5. The van der Waals surface area contributed by atoms with Crippen LogP contribution in [0.4, 0.5) is 5.69 Å². The Labute approximate surface area is 234 Å². The van der Waals surface area contributed by atoms with Gasteiger partial charge in [-0.05, 0) is 73.4 Å². The van der Waals surface area contributed by atoms with E-state index in [1.807, 2.05) is 61.5 Å². The summed E-state index contributed by atoms with van der Waals surface area (Å²) in [5, 5.41) is 9.27. The number of hydrogen-bond donors (Lipinski definition) is 1. The maximum atomic E-state index is 11.3. The molecular weight excluding hydrogens is 516 g/mol. The molecule has 1 aromatic heterocycles. The number of hydrogen-bond acceptors (Lipinski definition) is 6. The molecule has 8 heteroatoms. The highest BCUT2D eigenvalue weighted by Gasteiger charge is 2.23. The van der Waals surface area contributed by atoms with Crippen molar-refractivity contribution < 1.29 is 23.8 Å². The number of fused-ring (bicyclic) bond motifs is 1. The highest BCUT2D eigenvalue weighted by Crippen LogP contribution is 2.34. The molecule has 0 unspecified atom stereocenters. The smallest absolute Gasteiger partial charge is 0.303 e. The Morgan fingerprint density at radius 1 is 1.03 bits per heavy atom. The first kappa shape index (κ1) is 28.0. The number of methoxy groups -OCH3 is 1. The summed E-state index contributed by atoms with van der Waals surface area (Å²) in [6, 6.07) is 21.9. The lowest BCUT2D eigenvalue weighted by Crippen LogP contribution is -2.31. The second-order valence-electron chi connectivity index (χ2n) is 9.43. The number of carboxylic acids is 1. The fraction of sp³-hybridized carbons (Fsp3) is 0.290. The molecule has 0 atom stereocenters. The van der Waals surface area contributed by atoms with Crippen LogP contribution in [-0.4, -0.2) is 36.3 Å². The van der Waals surface area contributed by atoms with E-state index in [0.717, 1.165) is 58.3 Å². The summed E-state index contributed by atoms with van der Waals surface area (Å²) in [7, 11) is 1.66. The molecule has 5 rings (SSSR count). The maximum Gasteiger partial charge on any atom is 0.303 e. The predicted octanol–water partition coefficient (Wildman–Crippen LogP) is 6.28. The van der Waals surface area contributed by atoms with Crippen molar-refractivity contribution in [2.45, 2.75) is 39.2 Å². The average molecular weight is 549 g/mol. The number of rotatable bonds is 10. The van der Waals surface area contributed by atoms with Crippen molar-refractivity contribution in [3.63, 3.8) is 0 Å². The third-order valence-electron chi connectivity index (χ3n) is 7.02. The van der Waals surface area contributed by atoms with Crippen LogP contribution >= 0.6 is 12.4 Å². The van der Waals surface area contributed by atoms with Gasteiger partial charge in [0.15, 0.2) is 0 Å². The third kappa shape index (κ3) is 6.55. The Kier molecular flexibility index (Phi) is 9.15. The number of aliphatic carboxylic acids is 1. The SMILES string of the molecule is COc1ccc(N2CCc3c(OCCc4nc(-c5ccccc5)oc4C)ccc(CCC(=O)O)c3C2)cc1.Cl. The lowest BCUT2D eigenvalue weighted by Gasteiger charge is -2.33. The number of aryl methyl sites for hydroxylation is 2. The first-order chi connectivity index (χ1) is 18.5. The van der Waals surface area contributed by atoms with Crippen molar-refractivity contribution in [1.29, 1.82) is 0 Å². The number of carbonyl (C=O) groups is 1. The van der Waals surface area contributed by atoms with E-state index in [1.54, 1.807) is 7.11 Å². The molecule has 2 heterocycles. The van der Waals surface area contributed by atoms with Gasteiger partial charge in [-0.3, -0.25) is 4.79 Å². The van der Waals surface area contributed by atoms with Crippen LogP contribution in [-0.2, 0) is 30.6 Å². The van der Waals surface area contributed by atoms with Gasteiger partial charge < -0.3 is 23.9 Å². The van der Waals surface area contributed by atoms with Crippen LogP contribution in [0.5, 0.6) is 11.5 Å². The summed E-state index contributed by atoms with van der Waals surface area (Å²) in [5.41, 5.74) is 6.35. The zero-order chi connectivity index (χ0) is 26.5. The van der Waals surface area contributed by atoms with Gasteiger partial charge >= 0.3 is 5.97 Å². The average Bonchev–Trinajstić information content (AvgIpc) is 3.32. The molecule has 39 heavy (non-hydrogen) atoms. The van der Waals surface area contributed by atoms with Gasteiger partial charge in [-0.25, -0.2) is 4.98 Å². The minimum Gasteiger partial charge on any atom is -0.497 e. The van der Waals surface area contributed by atoms with Gasteiger partial charge in [0.1, 0.15) is 17.3 Å². The second kappa shape index (κ2) is 12.7. The monoisotopic (exact) mass is 548 g/mol. The summed E-state index contributed by atoms with van der Waals surface area (Å²) in [6.45, 7) is 3.96. The molecule has 0 spiro atoms. The van der Waals surface area contributed by atoms with Gasteiger partial charge in [0.25, 0.3) is 0 Å². The molecule has 204 valence electrons. The van der Waals surface area contributed by atoms with Crippen molar-refractivity contribution >= 4 is 24.1 Å². The van der Waals surface area contributed by atoms with E-state index in [2.05, 4.69) is 17.0 Å². The van der Waals surface area contributed by atoms with E-state index >= 15 is 0 Å². The normalized spacial score (nSPS) is 12.4. The molecule has 3 aromatic carbocycles. The van der Waals surface area contributed by atoms with E-state index in [-0.39, 0.29) is 18.8 Å². The van der Waals surface area contributed by atoms with Crippen LogP contribution in [0.25, 0.3) is 11.5 Å². The molecule has 1 aliphatic rings. The molecule has 0 amide bonds. The van der Waals surface area contributed by atoms with Gasteiger partial charge in [0.05, 0.1) is 19.4 Å². The van der Waals surface area contributed by atoms with Crippen LogP contribution in [0.3, 0.4) is 0 Å². The van der Waals surface area contributed by atoms with Crippen molar-refractivity contribution in [3.8, 4) is 23.0 Å². The van der Waals surface area contributed by atoms with Crippen molar-refractivity contribution in [2.75, 3.05) is 25.2 Å². The van der Waals surface area contributed by atoms with Gasteiger partial charge in [-0.2, -0.15) is 0 Å². The largest absolute Gasteiger partial charge is 0.497 e. The highest BCUT2D eigenvalue weighted by atomic mass is 35.5. The second-order valence-corrected chi connectivity index (χ2v) is 9.43. The quantitative estimate of drug-likeness (QED) is 0.249. The molecule has 0 fully saturated rings. The van der Waals surface area contributed by atoms with Crippen LogP contribution < -0.4 is 14.4 Å². The summed E-state index contributed by atoms with van der Waals surface area (Å²) in [4.78, 5) is 18.3. The Hall–Kier alpha value is -3.97. The van der Waals surface area contributed by atoms with Gasteiger partial charge in [-0.15, -0.1) is 12.4 Å². The van der Waals surface area contributed by atoms with Crippen molar-refractivity contribution in [3.05, 3.63) is 94.9 Å². The van der Waals surface area contributed by atoms with Crippen molar-refractivity contribution in [1.82, 2.24) is 4.98 Å². The van der Waals surface area contributed by atoms with E-state index in [9.17, 15) is 9.90 Å². The van der Waals surface area contributed by atoms with Crippen LogP contribution in [0, 0.1) is 6.92 Å². The molecule has 0 saturated heterocycles. The maximum absolute atomic E-state index is 11.3. The predicted molar refractivity (Wildman–Crippen MR) is 153 cm³/mol.